The van der Waals surface area contributed by atoms with Crippen molar-refractivity contribution in [1.29, 1.82) is 0 Å². The minimum atomic E-state index is 1.34. The normalized spacial score (nSPS) is 19.0. The number of benzene rings is 1. The monoisotopic (exact) mass is 232 g/mol. The van der Waals surface area contributed by atoms with Crippen LogP contribution in [0.4, 0.5) is 0 Å². The Balaban J connectivity index is 2.32. The van der Waals surface area contributed by atoms with E-state index in [0.717, 1.165) is 0 Å². The van der Waals surface area contributed by atoms with Gasteiger partial charge in [0, 0.05) is 31.6 Å². The molecule has 0 aliphatic heterocycles. The smallest absolute Gasteiger partial charge is 0.0526 e. The maximum absolute atomic E-state index is 2.21. The zero-order chi connectivity index (χ0) is 12.5. The predicted octanol–water partition coefficient (Wildman–Crippen LogP) is 4.78. The van der Waals surface area contributed by atoms with Crippen LogP contribution >= 0.6 is 0 Å². The van der Waals surface area contributed by atoms with Crippen LogP contribution in [-0.2, 0) is 0 Å². The van der Waals surface area contributed by atoms with Gasteiger partial charge in [0.15, 0.2) is 5.57 Å². The molecule has 0 saturated carbocycles. The minimum Gasteiger partial charge on any atom is -0.0526 e. The molecule has 2 aliphatic rings. The van der Waals surface area contributed by atoms with Gasteiger partial charge in [-0.05, 0) is 31.2 Å². The predicted molar refractivity (Wildman–Crippen MR) is 78.5 cm³/mol. The summed E-state index contributed by atoms with van der Waals surface area (Å²) >= 11 is 0. The summed E-state index contributed by atoms with van der Waals surface area (Å²) in [4.78, 5) is 0. The van der Waals surface area contributed by atoms with Gasteiger partial charge < -0.3 is 0 Å². The molecular weight excluding hydrogens is 216 g/mol. The van der Waals surface area contributed by atoms with Crippen molar-refractivity contribution in [2.45, 2.75) is 13.8 Å². The molecule has 0 heterocycles. The van der Waals surface area contributed by atoms with E-state index < -0.39 is 0 Å². The van der Waals surface area contributed by atoms with Crippen molar-refractivity contribution in [3.8, 4) is 0 Å². The second-order valence-corrected chi connectivity index (χ2v) is 4.50. The lowest BCUT2D eigenvalue weighted by Gasteiger charge is -2.18. The highest BCUT2D eigenvalue weighted by molar-refractivity contribution is 6.00. The van der Waals surface area contributed by atoms with Crippen LogP contribution in [0.25, 0.3) is 11.1 Å². The van der Waals surface area contributed by atoms with Gasteiger partial charge in [0.25, 0.3) is 0 Å². The van der Waals surface area contributed by atoms with Crippen molar-refractivity contribution in [2.75, 3.05) is 0 Å². The molecule has 0 spiro atoms. The highest BCUT2D eigenvalue weighted by Crippen LogP contribution is 2.46. The molecule has 0 aromatic heterocycles. The largest absolute Gasteiger partial charge is 0.203 e. The molecule has 0 atom stereocenters. The van der Waals surface area contributed by atoms with Crippen molar-refractivity contribution in [3.05, 3.63) is 83.7 Å². The fourth-order valence-corrected chi connectivity index (χ4v) is 2.82. The summed E-state index contributed by atoms with van der Waals surface area (Å²) in [5.74, 6) is 1.34. The van der Waals surface area contributed by atoms with Gasteiger partial charge in [-0.15, -0.1) is 0 Å². The number of hydrogen-bond donors (Lipinski definition) is 0. The first kappa shape index (κ1) is 11.0. The molecule has 1 aromatic rings. The molecule has 0 N–H and O–H groups in total. The number of hydrogen-bond acceptors (Lipinski definition) is 0. The summed E-state index contributed by atoms with van der Waals surface area (Å²) in [6, 6.07) is 8.65. The Morgan fingerprint density at radius 1 is 1.11 bits per heavy atom. The topological polar surface area (TPSA) is 0 Å². The molecule has 0 heteroatoms. The van der Waals surface area contributed by atoms with Crippen LogP contribution in [0.1, 0.15) is 25.0 Å². The van der Waals surface area contributed by atoms with Crippen molar-refractivity contribution >= 4 is 11.1 Å². The van der Waals surface area contributed by atoms with E-state index in [1.165, 1.54) is 33.8 Å². The second-order valence-electron chi connectivity index (χ2n) is 4.50. The molecule has 0 radical (unpaired) electrons. The van der Waals surface area contributed by atoms with Gasteiger partial charge in [-0.3, -0.25) is 0 Å². The standard InChI is InChI=1S/C18H16/c1-3-13-15-9-5-7-11-17(15)14(4-2)18-12-8-6-10-16(13)18/h3-12H,1-2H3/q+2. The van der Waals surface area contributed by atoms with Crippen LogP contribution in [0.5, 0.6) is 0 Å². The third-order valence-corrected chi connectivity index (χ3v) is 3.59. The molecule has 0 saturated heterocycles. The van der Waals surface area contributed by atoms with Crippen LogP contribution in [-0.4, -0.2) is 0 Å². The zero-order valence-electron chi connectivity index (χ0n) is 10.8. The molecular formula is C18H16+2. The Hall–Kier alpha value is -2.08. The molecule has 86 valence electrons. The van der Waals surface area contributed by atoms with E-state index in [1.807, 2.05) is 0 Å². The first-order valence-electron chi connectivity index (χ1n) is 6.39. The quantitative estimate of drug-likeness (QED) is 0.611. The molecule has 0 nitrogen and oxygen atoms in total. The zero-order valence-corrected chi connectivity index (χ0v) is 10.8. The summed E-state index contributed by atoms with van der Waals surface area (Å²) in [7, 11) is 0. The van der Waals surface area contributed by atoms with Crippen LogP contribution < -0.4 is 0 Å². The molecule has 0 amide bonds. The van der Waals surface area contributed by atoms with E-state index in [1.54, 1.807) is 0 Å². The highest BCUT2D eigenvalue weighted by atomic mass is 14.3. The fourth-order valence-electron chi connectivity index (χ4n) is 2.82. The molecule has 2 aliphatic carbocycles. The van der Waals surface area contributed by atoms with Gasteiger partial charge in [0.1, 0.15) is 17.0 Å². The highest BCUT2D eigenvalue weighted by Gasteiger charge is 2.41. The number of fused-ring (bicyclic) bond motifs is 2. The average molecular weight is 232 g/mol. The van der Waals surface area contributed by atoms with Crippen molar-refractivity contribution < 1.29 is 0 Å². The third kappa shape index (κ3) is 1.46. The van der Waals surface area contributed by atoms with Gasteiger partial charge in [-0.25, -0.2) is 0 Å². The van der Waals surface area contributed by atoms with E-state index in [-0.39, 0.29) is 0 Å². The van der Waals surface area contributed by atoms with E-state index in [0.29, 0.717) is 0 Å². The third-order valence-electron chi connectivity index (χ3n) is 3.59. The van der Waals surface area contributed by atoms with Crippen molar-refractivity contribution in [3.63, 3.8) is 0 Å². The minimum absolute atomic E-state index is 1.34. The van der Waals surface area contributed by atoms with Gasteiger partial charge in [-0.2, -0.15) is 0 Å². The number of allylic oxidation sites excluding steroid dienone is 8. The van der Waals surface area contributed by atoms with Crippen LogP contribution in [0.3, 0.4) is 0 Å². The van der Waals surface area contributed by atoms with E-state index in [9.17, 15) is 0 Å². The molecule has 1 aromatic carbocycles. The molecule has 0 fully saturated rings. The van der Waals surface area contributed by atoms with Crippen molar-refractivity contribution in [1.82, 2.24) is 0 Å². The Bertz CT molecular complexity index is 594. The Labute approximate surface area is 109 Å². The second kappa shape index (κ2) is 4.30. The van der Waals surface area contributed by atoms with Crippen LogP contribution in [0, 0.1) is 12.3 Å². The summed E-state index contributed by atoms with van der Waals surface area (Å²) in [5.41, 5.74) is 6.70. The summed E-state index contributed by atoms with van der Waals surface area (Å²) in [6.45, 7) is 4.23. The lowest BCUT2D eigenvalue weighted by atomic mass is 9.73. The van der Waals surface area contributed by atoms with Gasteiger partial charge in [0.05, 0.1) is 11.6 Å². The summed E-state index contributed by atoms with van der Waals surface area (Å²) < 4.78 is 0. The SMILES string of the molecule is CC=C1c2ccccc2C([CH+]C)=C2C=CC=C[C+]12. The summed E-state index contributed by atoms with van der Waals surface area (Å²) in [5, 5.41) is 0. The van der Waals surface area contributed by atoms with Gasteiger partial charge >= 0.3 is 0 Å². The average Bonchev–Trinajstić information content (AvgIpc) is 2.44. The maximum atomic E-state index is 2.21. The van der Waals surface area contributed by atoms with Crippen molar-refractivity contribution in [2.24, 2.45) is 0 Å². The maximum Gasteiger partial charge on any atom is 0.203 e. The number of rotatable bonds is 1. The van der Waals surface area contributed by atoms with Crippen LogP contribution in [0.2, 0.25) is 0 Å². The summed E-state index contributed by atoms with van der Waals surface area (Å²) in [6.07, 6.45) is 13.1. The van der Waals surface area contributed by atoms with E-state index in [2.05, 4.69) is 74.9 Å². The molecule has 18 heavy (non-hydrogen) atoms. The van der Waals surface area contributed by atoms with E-state index >= 15 is 0 Å². The lowest BCUT2D eigenvalue weighted by Crippen LogP contribution is -2.12. The Morgan fingerprint density at radius 2 is 1.89 bits per heavy atom. The van der Waals surface area contributed by atoms with E-state index in [4.69, 9.17) is 0 Å². The Morgan fingerprint density at radius 3 is 2.61 bits per heavy atom. The first-order valence-corrected chi connectivity index (χ1v) is 6.39. The van der Waals surface area contributed by atoms with Gasteiger partial charge in [-0.1, -0.05) is 6.07 Å². The lowest BCUT2D eigenvalue weighted by molar-refractivity contribution is 1.28. The molecule has 3 rings (SSSR count). The molecule has 0 unspecified atom stereocenters. The molecule has 0 bridgehead atoms. The van der Waals surface area contributed by atoms with Crippen LogP contribution in [0.15, 0.2) is 60.2 Å². The van der Waals surface area contributed by atoms with Gasteiger partial charge in [0.2, 0.25) is 5.57 Å². The first-order chi connectivity index (χ1) is 8.86. The fraction of sp³-hybridized carbons (Fsp3) is 0.111. The Kier molecular flexibility index (Phi) is 2.64.